The number of hydrogen-bond acceptors (Lipinski definition) is 1. The molecule has 0 saturated heterocycles. The Morgan fingerprint density at radius 2 is 1.67 bits per heavy atom. The molecule has 0 radical (unpaired) electrons. The van der Waals surface area contributed by atoms with Crippen molar-refractivity contribution in [2.45, 2.75) is 40.2 Å². The van der Waals surface area contributed by atoms with Gasteiger partial charge in [0, 0.05) is 11.6 Å². The van der Waals surface area contributed by atoms with Crippen molar-refractivity contribution in [1.82, 2.24) is 5.32 Å². The first-order chi connectivity index (χ1) is 9.92. The number of rotatable bonds is 4. The third-order valence-corrected chi connectivity index (χ3v) is 4.19. The average molecular weight is 285 g/mol. The zero-order chi connectivity index (χ0) is 15.6. The Labute approximate surface area is 127 Å². The summed E-state index contributed by atoms with van der Waals surface area (Å²) in [6.45, 7) is 8.14. The molecule has 2 aromatic carbocycles. The monoisotopic (exact) mass is 285 g/mol. The molecular formula is C19H24FN. The molecule has 2 aromatic rings. The van der Waals surface area contributed by atoms with Gasteiger partial charge in [0.1, 0.15) is 5.82 Å². The molecule has 1 atom stereocenters. The minimum absolute atomic E-state index is 0.00675. The number of hydrogen-bond donors (Lipinski definition) is 1. The first-order valence-electron chi connectivity index (χ1n) is 7.42. The normalized spacial score (nSPS) is 12.5. The lowest BCUT2D eigenvalue weighted by molar-refractivity contribution is 0.530. The third kappa shape index (κ3) is 3.51. The van der Waals surface area contributed by atoms with Crippen molar-refractivity contribution in [2.75, 3.05) is 7.05 Å². The summed E-state index contributed by atoms with van der Waals surface area (Å²) in [5, 5.41) is 3.26. The van der Waals surface area contributed by atoms with E-state index in [1.54, 1.807) is 6.07 Å². The molecule has 0 bridgehead atoms. The van der Waals surface area contributed by atoms with E-state index in [4.69, 9.17) is 0 Å². The summed E-state index contributed by atoms with van der Waals surface area (Å²) in [6.07, 6.45) is 0.790. The predicted octanol–water partition coefficient (Wildman–Crippen LogP) is 4.56. The highest BCUT2D eigenvalue weighted by atomic mass is 19.1. The Morgan fingerprint density at radius 3 is 2.24 bits per heavy atom. The van der Waals surface area contributed by atoms with Crippen molar-refractivity contribution in [3.63, 3.8) is 0 Å². The van der Waals surface area contributed by atoms with Gasteiger partial charge in [0.15, 0.2) is 0 Å². The van der Waals surface area contributed by atoms with Gasteiger partial charge in [0.05, 0.1) is 0 Å². The summed E-state index contributed by atoms with van der Waals surface area (Å²) in [4.78, 5) is 0. The van der Waals surface area contributed by atoms with Gasteiger partial charge in [-0.25, -0.2) is 4.39 Å². The molecule has 2 heteroatoms. The Morgan fingerprint density at radius 1 is 0.952 bits per heavy atom. The van der Waals surface area contributed by atoms with Crippen LogP contribution >= 0.6 is 0 Å². The van der Waals surface area contributed by atoms with Crippen molar-refractivity contribution < 1.29 is 4.39 Å². The van der Waals surface area contributed by atoms with Gasteiger partial charge in [-0.2, -0.15) is 0 Å². The molecule has 0 aromatic heterocycles. The van der Waals surface area contributed by atoms with E-state index in [1.807, 2.05) is 27.0 Å². The molecule has 0 aliphatic carbocycles. The van der Waals surface area contributed by atoms with Crippen molar-refractivity contribution in [3.05, 3.63) is 69.5 Å². The van der Waals surface area contributed by atoms with Crippen LogP contribution in [-0.2, 0) is 6.42 Å². The van der Waals surface area contributed by atoms with Crippen molar-refractivity contribution in [1.29, 1.82) is 0 Å². The lowest BCUT2D eigenvalue weighted by Gasteiger charge is -2.21. The fraction of sp³-hybridized carbons (Fsp3) is 0.368. The van der Waals surface area contributed by atoms with Crippen molar-refractivity contribution >= 4 is 0 Å². The average Bonchev–Trinajstić information content (AvgIpc) is 2.40. The molecule has 0 fully saturated rings. The molecule has 0 aliphatic rings. The summed E-state index contributed by atoms with van der Waals surface area (Å²) < 4.78 is 14.4. The number of halogens is 1. The van der Waals surface area contributed by atoms with Crippen molar-refractivity contribution in [2.24, 2.45) is 0 Å². The Balaban J connectivity index is 2.34. The second-order valence-electron chi connectivity index (χ2n) is 5.94. The van der Waals surface area contributed by atoms with Crippen molar-refractivity contribution in [3.8, 4) is 0 Å². The molecule has 2 rings (SSSR count). The predicted molar refractivity (Wildman–Crippen MR) is 87.3 cm³/mol. The highest BCUT2D eigenvalue weighted by Crippen LogP contribution is 2.26. The molecule has 1 nitrogen and oxygen atoms in total. The molecular weight excluding hydrogens is 261 g/mol. The molecule has 21 heavy (non-hydrogen) atoms. The summed E-state index contributed by atoms with van der Waals surface area (Å²) in [5.41, 5.74) is 6.56. The van der Waals surface area contributed by atoms with Gasteiger partial charge < -0.3 is 5.32 Å². The lowest BCUT2D eigenvalue weighted by Crippen LogP contribution is -2.21. The highest BCUT2D eigenvalue weighted by Gasteiger charge is 2.17. The number of aryl methyl sites for hydroxylation is 4. The fourth-order valence-electron chi connectivity index (χ4n) is 2.88. The second-order valence-corrected chi connectivity index (χ2v) is 5.94. The van der Waals surface area contributed by atoms with Gasteiger partial charge in [-0.05, 0) is 75.0 Å². The maximum atomic E-state index is 14.4. The Kier molecular flexibility index (Phi) is 4.79. The molecule has 0 saturated carbocycles. The smallest absolute Gasteiger partial charge is 0.128 e. The quantitative estimate of drug-likeness (QED) is 0.868. The minimum atomic E-state index is -0.115. The summed E-state index contributed by atoms with van der Waals surface area (Å²) in [5.74, 6) is -0.115. The van der Waals surface area contributed by atoms with Gasteiger partial charge in [0.2, 0.25) is 0 Å². The summed E-state index contributed by atoms with van der Waals surface area (Å²) in [7, 11) is 1.89. The number of benzene rings is 2. The largest absolute Gasteiger partial charge is 0.313 e. The van der Waals surface area contributed by atoms with Crippen LogP contribution in [0.15, 0.2) is 30.3 Å². The van der Waals surface area contributed by atoms with Crippen LogP contribution < -0.4 is 5.32 Å². The van der Waals surface area contributed by atoms with Crippen LogP contribution in [0.5, 0.6) is 0 Å². The van der Waals surface area contributed by atoms with Gasteiger partial charge in [-0.3, -0.25) is 0 Å². The van der Waals surface area contributed by atoms with E-state index in [9.17, 15) is 4.39 Å². The Hall–Kier alpha value is -1.67. The van der Waals surface area contributed by atoms with Gasteiger partial charge in [-0.1, -0.05) is 24.3 Å². The van der Waals surface area contributed by atoms with Crippen LogP contribution in [0.3, 0.4) is 0 Å². The van der Waals surface area contributed by atoms with E-state index < -0.39 is 0 Å². The van der Waals surface area contributed by atoms with E-state index in [0.29, 0.717) is 0 Å². The van der Waals surface area contributed by atoms with E-state index in [-0.39, 0.29) is 11.9 Å². The fourth-order valence-corrected chi connectivity index (χ4v) is 2.88. The zero-order valence-corrected chi connectivity index (χ0v) is 13.5. The van der Waals surface area contributed by atoms with E-state index in [0.717, 1.165) is 23.1 Å². The topological polar surface area (TPSA) is 12.0 Å². The maximum Gasteiger partial charge on any atom is 0.128 e. The molecule has 0 heterocycles. The van der Waals surface area contributed by atoms with E-state index in [2.05, 4.69) is 37.4 Å². The van der Waals surface area contributed by atoms with E-state index >= 15 is 0 Å². The standard InChI is InChI=1S/C19H24FN/c1-12-8-15(4)19(17(20)9-12)18(21-5)11-16-7-6-13(2)14(3)10-16/h6-10,18,21H,11H2,1-5H3. The summed E-state index contributed by atoms with van der Waals surface area (Å²) >= 11 is 0. The number of nitrogens with one attached hydrogen (secondary N) is 1. The molecule has 0 amide bonds. The molecule has 0 aliphatic heterocycles. The second kappa shape index (κ2) is 6.40. The third-order valence-electron chi connectivity index (χ3n) is 4.19. The van der Waals surface area contributed by atoms with Crippen LogP contribution in [0, 0.1) is 33.5 Å². The molecule has 0 spiro atoms. The number of likely N-dealkylation sites (N-methyl/N-ethyl adjacent to an activating group) is 1. The molecule has 1 N–H and O–H groups in total. The molecule has 112 valence electrons. The van der Waals surface area contributed by atoms with Crippen LogP contribution in [0.1, 0.15) is 39.4 Å². The summed E-state index contributed by atoms with van der Waals surface area (Å²) in [6, 6.07) is 10.1. The van der Waals surface area contributed by atoms with Gasteiger partial charge in [-0.15, -0.1) is 0 Å². The van der Waals surface area contributed by atoms with Gasteiger partial charge >= 0.3 is 0 Å². The van der Waals surface area contributed by atoms with E-state index in [1.165, 1.54) is 16.7 Å². The van der Waals surface area contributed by atoms with Gasteiger partial charge in [0.25, 0.3) is 0 Å². The van der Waals surface area contributed by atoms with Crippen LogP contribution in [0.4, 0.5) is 4.39 Å². The maximum absolute atomic E-state index is 14.4. The molecule has 1 unspecified atom stereocenters. The minimum Gasteiger partial charge on any atom is -0.313 e. The Bertz CT molecular complexity index is 623. The van der Waals surface area contributed by atoms with Crippen LogP contribution in [0.25, 0.3) is 0 Å². The first-order valence-corrected chi connectivity index (χ1v) is 7.42. The first kappa shape index (κ1) is 15.7. The van der Waals surface area contributed by atoms with Crippen LogP contribution in [0.2, 0.25) is 0 Å². The van der Waals surface area contributed by atoms with Crippen LogP contribution in [-0.4, -0.2) is 7.05 Å². The lowest BCUT2D eigenvalue weighted by atomic mass is 9.92. The SMILES string of the molecule is CNC(Cc1ccc(C)c(C)c1)c1c(C)cc(C)cc1F. The highest BCUT2D eigenvalue weighted by molar-refractivity contribution is 5.37. The zero-order valence-electron chi connectivity index (χ0n) is 13.5.